The maximum absolute atomic E-state index is 13.9. The largest absolute Gasteiger partial charge is 0.471 e. The van der Waals surface area contributed by atoms with Crippen molar-refractivity contribution in [2.24, 2.45) is 13.0 Å². The molecule has 6 atom stereocenters. The van der Waals surface area contributed by atoms with E-state index in [1.165, 1.54) is 0 Å². The number of carbonyl (C=O) groups excluding carboxylic acids is 1. The number of likely N-dealkylation sites (tertiary alicyclic amines) is 1. The number of hydrogen-bond donors (Lipinski definition) is 0. The van der Waals surface area contributed by atoms with E-state index >= 15 is 0 Å². The van der Waals surface area contributed by atoms with E-state index in [0.29, 0.717) is 54.2 Å². The highest BCUT2D eigenvalue weighted by Crippen LogP contribution is 2.47. The van der Waals surface area contributed by atoms with Crippen molar-refractivity contribution in [1.29, 1.82) is 0 Å². The van der Waals surface area contributed by atoms with E-state index < -0.39 is 5.41 Å². The molecule has 0 unspecified atom stereocenters. The molecule has 1 saturated carbocycles. The van der Waals surface area contributed by atoms with Gasteiger partial charge in [0, 0.05) is 39.3 Å². The number of carbonyl (C=O) groups is 1. The van der Waals surface area contributed by atoms with E-state index in [-0.39, 0.29) is 35.8 Å². The van der Waals surface area contributed by atoms with Crippen molar-refractivity contribution in [2.45, 2.75) is 101 Å². The predicted octanol–water partition coefficient (Wildman–Crippen LogP) is 3.59. The second kappa shape index (κ2) is 11.4. The Morgan fingerprint density at radius 2 is 1.89 bits per heavy atom. The number of methoxy groups -OCH3 is 1. The zero-order valence-corrected chi connectivity index (χ0v) is 26.5. The summed E-state index contributed by atoms with van der Waals surface area (Å²) in [5, 5.41) is 4.54. The van der Waals surface area contributed by atoms with Gasteiger partial charge in [0.15, 0.2) is 11.2 Å². The average Bonchev–Trinajstić information content (AvgIpc) is 3.69. The maximum Gasteiger partial charge on any atom is 0.330 e. The highest BCUT2D eigenvalue weighted by molar-refractivity contribution is 5.91. The summed E-state index contributed by atoms with van der Waals surface area (Å²) >= 11 is 0. The Labute approximate surface area is 257 Å². The normalized spacial score (nSPS) is 30.2. The number of ketones is 1. The van der Waals surface area contributed by atoms with Gasteiger partial charge in [0.25, 0.3) is 0 Å². The molecule has 0 bridgehead atoms. The molecule has 0 N–H and O–H groups in total. The zero-order chi connectivity index (χ0) is 30.7. The van der Waals surface area contributed by atoms with Crippen molar-refractivity contribution in [3.8, 4) is 17.5 Å². The van der Waals surface area contributed by atoms with Crippen LogP contribution in [0.4, 0.5) is 0 Å². The van der Waals surface area contributed by atoms with Gasteiger partial charge in [-0.3, -0.25) is 18.8 Å². The molecular weight excluding hydrogens is 564 g/mol. The SMILES string of the molecule is CO[C@H]1CCN(C)[C@@H]1[C@H](C)Oc1nc(-c2onc3c2CCC[C@@]32CCCCC2=O)nc2c1n(C)c(=O)n2[C@H]1COC[C@@H](C)C1. The molecule has 3 aromatic heterocycles. The fraction of sp³-hybridized carbons (Fsp3) is 0.719. The van der Waals surface area contributed by atoms with Crippen LogP contribution in [-0.4, -0.2) is 87.1 Å². The van der Waals surface area contributed by atoms with Crippen molar-refractivity contribution in [2.75, 3.05) is 33.9 Å². The number of nitrogens with zero attached hydrogens (tertiary/aromatic N) is 6. The van der Waals surface area contributed by atoms with Crippen LogP contribution >= 0.6 is 0 Å². The summed E-state index contributed by atoms with van der Waals surface area (Å²) in [6, 6.07) is -0.163. The molecule has 0 amide bonds. The van der Waals surface area contributed by atoms with Crippen LogP contribution in [0.5, 0.6) is 5.88 Å². The molecule has 3 fully saturated rings. The number of imidazole rings is 1. The Bertz CT molecular complexity index is 1630. The highest BCUT2D eigenvalue weighted by Gasteiger charge is 2.48. The molecule has 2 saturated heterocycles. The van der Waals surface area contributed by atoms with Gasteiger partial charge < -0.3 is 18.7 Å². The topological polar surface area (TPSA) is 127 Å². The number of rotatable bonds is 6. The predicted molar refractivity (Wildman–Crippen MR) is 162 cm³/mol. The third kappa shape index (κ3) is 4.63. The summed E-state index contributed by atoms with van der Waals surface area (Å²) in [6.07, 6.45) is 7.14. The molecular formula is C32H44N6O6. The minimum atomic E-state index is -0.585. The highest BCUT2D eigenvalue weighted by atomic mass is 16.5. The molecule has 238 valence electrons. The fourth-order valence-electron chi connectivity index (χ4n) is 8.41. The van der Waals surface area contributed by atoms with Crippen LogP contribution in [0, 0.1) is 5.92 Å². The number of aromatic nitrogens is 5. The Balaban J connectivity index is 1.38. The Hall–Kier alpha value is -3.09. The zero-order valence-electron chi connectivity index (χ0n) is 26.5. The first kappa shape index (κ1) is 29.6. The van der Waals surface area contributed by atoms with Gasteiger partial charge in [-0.2, -0.15) is 4.98 Å². The molecule has 0 aromatic carbocycles. The van der Waals surface area contributed by atoms with Gasteiger partial charge in [-0.15, -0.1) is 0 Å². The van der Waals surface area contributed by atoms with Crippen molar-refractivity contribution >= 4 is 16.9 Å². The van der Waals surface area contributed by atoms with Crippen LogP contribution in [0.3, 0.4) is 0 Å². The summed E-state index contributed by atoms with van der Waals surface area (Å²) in [5.41, 5.74) is 1.90. The molecule has 5 heterocycles. The molecule has 3 aromatic rings. The number of ether oxygens (including phenoxy) is 3. The van der Waals surface area contributed by atoms with E-state index in [1.807, 2.05) is 6.92 Å². The van der Waals surface area contributed by atoms with Crippen molar-refractivity contribution in [3.05, 3.63) is 21.7 Å². The van der Waals surface area contributed by atoms with E-state index in [9.17, 15) is 9.59 Å². The maximum atomic E-state index is 13.9. The molecule has 7 rings (SSSR count). The van der Waals surface area contributed by atoms with Crippen molar-refractivity contribution < 1.29 is 23.5 Å². The molecule has 44 heavy (non-hydrogen) atoms. The number of fused-ring (bicyclic) bond motifs is 3. The second-order valence-electron chi connectivity index (χ2n) is 13.5. The van der Waals surface area contributed by atoms with Gasteiger partial charge in [-0.1, -0.05) is 18.5 Å². The smallest absolute Gasteiger partial charge is 0.330 e. The molecule has 12 heteroatoms. The number of hydrogen-bond acceptors (Lipinski definition) is 10. The Kier molecular flexibility index (Phi) is 7.65. The number of aryl methyl sites for hydroxylation is 1. The van der Waals surface area contributed by atoms with E-state index in [4.69, 9.17) is 28.7 Å². The summed E-state index contributed by atoms with van der Waals surface area (Å²) in [5.74, 6) is 1.67. The van der Waals surface area contributed by atoms with Gasteiger partial charge in [-0.05, 0) is 64.8 Å². The van der Waals surface area contributed by atoms with Gasteiger partial charge in [0.1, 0.15) is 17.6 Å². The first-order chi connectivity index (χ1) is 21.2. The first-order valence-corrected chi connectivity index (χ1v) is 16.2. The Morgan fingerprint density at radius 1 is 1.07 bits per heavy atom. The summed E-state index contributed by atoms with van der Waals surface area (Å²) in [7, 11) is 5.55. The summed E-state index contributed by atoms with van der Waals surface area (Å²) in [6.45, 7) is 6.15. The van der Waals surface area contributed by atoms with Crippen LogP contribution in [0.25, 0.3) is 22.7 Å². The quantitative estimate of drug-likeness (QED) is 0.410. The van der Waals surface area contributed by atoms with Crippen LogP contribution in [0.15, 0.2) is 9.32 Å². The lowest BCUT2D eigenvalue weighted by molar-refractivity contribution is -0.127. The molecule has 0 radical (unpaired) electrons. The minimum Gasteiger partial charge on any atom is -0.471 e. The second-order valence-corrected chi connectivity index (χ2v) is 13.5. The average molecular weight is 609 g/mol. The van der Waals surface area contributed by atoms with Gasteiger partial charge in [0.2, 0.25) is 17.5 Å². The standard InChI is InChI=1S/C32H44N6O6/c1-18-15-20(17-42-16-18)38-29-25(37(4)31(38)40)30(43-19(2)24-22(41-5)11-14-36(24)3)34-28(33-29)26-21-9-8-13-32(27(21)35-44-26)12-7-6-10-23(32)39/h18-20,22,24H,6-17H2,1-5H3/t18-,19-,20+,22-,24+,32+/m0/s1. The fourth-order valence-corrected chi connectivity index (χ4v) is 8.41. The third-order valence-electron chi connectivity index (χ3n) is 10.6. The van der Waals surface area contributed by atoms with Gasteiger partial charge in [0.05, 0.1) is 30.2 Å². The van der Waals surface area contributed by atoms with E-state index in [0.717, 1.165) is 69.2 Å². The van der Waals surface area contributed by atoms with Gasteiger partial charge in [-0.25, -0.2) is 9.78 Å². The number of Topliss-reactive ketones (excluding diaryl/α,β-unsaturated/α-hetero) is 1. The minimum absolute atomic E-state index is 0.00962. The molecule has 2 aliphatic heterocycles. The first-order valence-electron chi connectivity index (χ1n) is 16.2. The van der Waals surface area contributed by atoms with Gasteiger partial charge >= 0.3 is 5.69 Å². The van der Waals surface area contributed by atoms with Crippen LogP contribution in [0.2, 0.25) is 0 Å². The summed E-state index contributed by atoms with van der Waals surface area (Å²) in [4.78, 5) is 39.4. The monoisotopic (exact) mass is 608 g/mol. The van der Waals surface area contributed by atoms with E-state index in [2.05, 4.69) is 24.0 Å². The van der Waals surface area contributed by atoms with Crippen LogP contribution in [0.1, 0.15) is 82.5 Å². The molecule has 2 aliphatic carbocycles. The number of likely N-dealkylation sites (N-methyl/N-ethyl adjacent to an activating group) is 1. The summed E-state index contributed by atoms with van der Waals surface area (Å²) < 4.78 is 27.8. The van der Waals surface area contributed by atoms with Crippen molar-refractivity contribution in [1.82, 2.24) is 29.2 Å². The molecule has 4 aliphatic rings. The van der Waals surface area contributed by atoms with E-state index in [1.54, 1.807) is 23.3 Å². The lowest BCUT2D eigenvalue weighted by Crippen LogP contribution is -2.45. The lowest BCUT2D eigenvalue weighted by atomic mass is 9.64. The third-order valence-corrected chi connectivity index (χ3v) is 10.6. The molecule has 1 spiro atoms. The molecule has 12 nitrogen and oxygen atoms in total. The Morgan fingerprint density at radius 3 is 2.66 bits per heavy atom. The van der Waals surface area contributed by atoms with Crippen LogP contribution in [-0.2, 0) is 33.2 Å². The lowest BCUT2D eigenvalue weighted by Gasteiger charge is -2.37. The van der Waals surface area contributed by atoms with Crippen LogP contribution < -0.4 is 10.4 Å². The van der Waals surface area contributed by atoms with Crippen molar-refractivity contribution in [3.63, 3.8) is 0 Å².